The molecule has 0 aromatic heterocycles. The summed E-state index contributed by atoms with van der Waals surface area (Å²) in [5, 5.41) is 7.96. The van der Waals surface area contributed by atoms with Gasteiger partial charge < -0.3 is 16.0 Å². The van der Waals surface area contributed by atoms with E-state index >= 15 is 0 Å². The third-order valence-electron chi connectivity index (χ3n) is 2.90. The Bertz CT molecular complexity index is 327. The number of rotatable bonds is 0. The highest BCUT2D eigenvalue weighted by atomic mass is 16.2. The summed E-state index contributed by atoms with van der Waals surface area (Å²) in [4.78, 5) is 34.6. The third kappa shape index (κ3) is 2.32. The highest BCUT2D eigenvalue weighted by Gasteiger charge is 2.34. The van der Waals surface area contributed by atoms with Gasteiger partial charge in [0.2, 0.25) is 17.7 Å². The maximum atomic E-state index is 11.6. The van der Waals surface area contributed by atoms with Crippen molar-refractivity contribution in [3.05, 3.63) is 0 Å². The van der Waals surface area contributed by atoms with E-state index in [9.17, 15) is 14.4 Å². The number of fused-ring (bicyclic) bond motifs is 8. The summed E-state index contributed by atoms with van der Waals surface area (Å²) >= 11 is 0. The number of carbonyl (C=O) groups excluding carboxylic acids is 3. The predicted octanol–water partition coefficient (Wildman–Crippen LogP) is -1.34. The van der Waals surface area contributed by atoms with Gasteiger partial charge in [-0.1, -0.05) is 0 Å². The van der Waals surface area contributed by atoms with Gasteiger partial charge >= 0.3 is 0 Å². The van der Waals surface area contributed by atoms with Crippen LogP contribution >= 0.6 is 0 Å². The first kappa shape index (κ1) is 10.9. The van der Waals surface area contributed by atoms with Crippen molar-refractivity contribution in [1.82, 2.24) is 16.0 Å². The molecule has 3 aliphatic heterocycles. The largest absolute Gasteiger partial charge is 0.356 e. The molecule has 3 rings (SSSR count). The van der Waals surface area contributed by atoms with Crippen molar-refractivity contribution in [2.24, 2.45) is 0 Å². The minimum Gasteiger partial charge on any atom is -0.356 e. The molecule has 88 valence electrons. The molecule has 6 nitrogen and oxygen atoms in total. The average Bonchev–Trinajstić information content (AvgIpc) is 2.27. The molecule has 0 aromatic rings. The van der Waals surface area contributed by atoms with E-state index in [-0.39, 0.29) is 24.1 Å². The number of hydrogen-bond acceptors (Lipinski definition) is 3. The second kappa shape index (κ2) is 4.51. The van der Waals surface area contributed by atoms with E-state index in [1.165, 1.54) is 0 Å². The number of nitrogens with one attached hydrogen (secondary N) is 3. The Morgan fingerprint density at radius 1 is 0.938 bits per heavy atom. The van der Waals surface area contributed by atoms with Crippen molar-refractivity contribution in [1.29, 1.82) is 0 Å². The Kier molecular flexibility index (Phi) is 3.07. The first-order valence-corrected chi connectivity index (χ1v) is 5.54. The van der Waals surface area contributed by atoms with Gasteiger partial charge in [0.1, 0.15) is 12.1 Å². The summed E-state index contributed by atoms with van der Waals surface area (Å²) in [6, 6.07) is -1.15. The van der Waals surface area contributed by atoms with Crippen LogP contribution in [0.2, 0.25) is 0 Å². The molecule has 0 radical (unpaired) electrons. The Hall–Kier alpha value is -1.59. The lowest BCUT2D eigenvalue weighted by molar-refractivity contribution is -0.138. The molecule has 0 saturated carbocycles. The number of amides is 3. The molecule has 3 amide bonds. The second-order valence-corrected chi connectivity index (χ2v) is 4.17. The van der Waals surface area contributed by atoms with Gasteiger partial charge in [-0.05, 0) is 19.3 Å². The van der Waals surface area contributed by atoms with Gasteiger partial charge in [-0.15, -0.1) is 0 Å². The Morgan fingerprint density at radius 3 is 2.44 bits per heavy atom. The smallest absolute Gasteiger partial charge is 0.243 e. The van der Waals surface area contributed by atoms with Crippen molar-refractivity contribution in [3.8, 4) is 0 Å². The summed E-state index contributed by atoms with van der Waals surface area (Å²) in [5.74, 6) is -0.637. The molecule has 3 aliphatic rings. The van der Waals surface area contributed by atoms with E-state index in [1.54, 1.807) is 0 Å². The average molecular weight is 225 g/mol. The molecule has 3 N–H and O–H groups in total. The molecule has 2 unspecified atom stereocenters. The van der Waals surface area contributed by atoms with Gasteiger partial charge in [0, 0.05) is 6.54 Å². The van der Waals surface area contributed by atoms with Crippen LogP contribution in [0.1, 0.15) is 25.7 Å². The van der Waals surface area contributed by atoms with E-state index in [1.807, 2.05) is 0 Å². The molecule has 0 aromatic carbocycles. The van der Waals surface area contributed by atoms with E-state index in [4.69, 9.17) is 0 Å². The maximum Gasteiger partial charge on any atom is 0.243 e. The van der Waals surface area contributed by atoms with Crippen molar-refractivity contribution in [2.45, 2.75) is 37.8 Å². The zero-order valence-corrected chi connectivity index (χ0v) is 8.91. The summed E-state index contributed by atoms with van der Waals surface area (Å²) in [5.41, 5.74) is 0. The molecule has 2 bridgehead atoms. The van der Waals surface area contributed by atoms with Crippen LogP contribution in [0.3, 0.4) is 0 Å². The topological polar surface area (TPSA) is 87.3 Å². The Labute approximate surface area is 93.1 Å². The zero-order valence-electron chi connectivity index (χ0n) is 8.91. The van der Waals surface area contributed by atoms with Crippen LogP contribution in [0.4, 0.5) is 0 Å². The van der Waals surface area contributed by atoms with Crippen LogP contribution in [0, 0.1) is 0 Å². The monoisotopic (exact) mass is 225 g/mol. The van der Waals surface area contributed by atoms with Crippen LogP contribution in [-0.4, -0.2) is 36.3 Å². The van der Waals surface area contributed by atoms with Gasteiger partial charge in [-0.3, -0.25) is 14.4 Å². The molecule has 3 fully saturated rings. The molecular weight excluding hydrogens is 210 g/mol. The van der Waals surface area contributed by atoms with Crippen molar-refractivity contribution < 1.29 is 14.4 Å². The molecule has 0 aliphatic carbocycles. The molecule has 0 spiro atoms. The van der Waals surface area contributed by atoms with E-state index in [2.05, 4.69) is 16.0 Å². The molecule has 3 heterocycles. The minimum atomic E-state index is -0.721. The number of carbonyl (C=O) groups is 3. The van der Waals surface area contributed by atoms with Crippen LogP contribution in [-0.2, 0) is 14.4 Å². The predicted molar refractivity (Wildman–Crippen MR) is 55.3 cm³/mol. The lowest BCUT2D eigenvalue weighted by Crippen LogP contribution is -2.62. The van der Waals surface area contributed by atoms with E-state index in [0.717, 1.165) is 12.8 Å². The quantitative estimate of drug-likeness (QED) is 0.477. The normalized spacial score (nSPS) is 31.1. The minimum absolute atomic E-state index is 0.0181. The fourth-order valence-electron chi connectivity index (χ4n) is 1.98. The molecule has 3 saturated heterocycles. The van der Waals surface area contributed by atoms with Crippen molar-refractivity contribution in [2.75, 3.05) is 6.54 Å². The Balaban J connectivity index is 2.12. The van der Waals surface area contributed by atoms with Gasteiger partial charge in [0.25, 0.3) is 0 Å². The lowest BCUT2D eigenvalue weighted by atomic mass is 10.0. The zero-order chi connectivity index (χ0) is 11.5. The first-order valence-electron chi connectivity index (χ1n) is 5.54. The highest BCUT2D eigenvalue weighted by molar-refractivity contribution is 5.99. The summed E-state index contributed by atoms with van der Waals surface area (Å²) < 4.78 is 0. The summed E-state index contributed by atoms with van der Waals surface area (Å²) in [7, 11) is 0. The fourth-order valence-corrected chi connectivity index (χ4v) is 1.98. The van der Waals surface area contributed by atoms with Crippen LogP contribution in [0.15, 0.2) is 0 Å². The van der Waals surface area contributed by atoms with Crippen LogP contribution in [0.25, 0.3) is 0 Å². The second-order valence-electron chi connectivity index (χ2n) is 4.17. The molecule has 6 heteroatoms. The van der Waals surface area contributed by atoms with Crippen molar-refractivity contribution >= 4 is 17.7 Å². The Morgan fingerprint density at radius 2 is 1.62 bits per heavy atom. The summed E-state index contributed by atoms with van der Waals surface area (Å²) in [6.45, 7) is 0.612. The molecular formula is C10H15N3O3. The SMILES string of the molecule is O=C1CC2NC(=O)C(CCCCN1)NC2=O. The standard InChI is InChI=1S/C10H15N3O3/c14-8-5-7-10(16)12-6(9(15)13-7)3-1-2-4-11-8/h6-7H,1-5H2,(H,11,14)(H,12,16)(H,13,15). The summed E-state index contributed by atoms with van der Waals surface area (Å²) in [6.07, 6.45) is 2.28. The van der Waals surface area contributed by atoms with Gasteiger partial charge in [0.05, 0.1) is 6.42 Å². The van der Waals surface area contributed by atoms with Gasteiger partial charge in [-0.25, -0.2) is 0 Å². The van der Waals surface area contributed by atoms with Crippen molar-refractivity contribution in [3.63, 3.8) is 0 Å². The first-order chi connectivity index (χ1) is 7.66. The van der Waals surface area contributed by atoms with Gasteiger partial charge in [-0.2, -0.15) is 0 Å². The molecule has 2 atom stereocenters. The number of hydrogen-bond donors (Lipinski definition) is 3. The number of piperazine rings is 1. The van der Waals surface area contributed by atoms with Gasteiger partial charge in [0.15, 0.2) is 0 Å². The van der Waals surface area contributed by atoms with E-state index in [0.29, 0.717) is 13.0 Å². The van der Waals surface area contributed by atoms with Crippen LogP contribution < -0.4 is 16.0 Å². The highest BCUT2D eigenvalue weighted by Crippen LogP contribution is 2.09. The maximum absolute atomic E-state index is 11.6. The fraction of sp³-hybridized carbons (Fsp3) is 0.700. The third-order valence-corrected chi connectivity index (χ3v) is 2.90. The van der Waals surface area contributed by atoms with Crippen LogP contribution in [0.5, 0.6) is 0 Å². The lowest BCUT2D eigenvalue weighted by Gasteiger charge is -2.28. The van der Waals surface area contributed by atoms with E-state index < -0.39 is 12.1 Å². The molecule has 16 heavy (non-hydrogen) atoms.